The minimum Gasteiger partial charge on any atom is -0.361 e. The number of aromatic nitrogens is 5. The molecule has 0 spiro atoms. The average Bonchev–Trinajstić information content (AvgIpc) is 3.23. The van der Waals surface area contributed by atoms with E-state index in [1.807, 2.05) is 23.0 Å². The number of hydrogen-bond acceptors (Lipinski definition) is 5. The van der Waals surface area contributed by atoms with Crippen LogP contribution in [0.15, 0.2) is 31.0 Å². The summed E-state index contributed by atoms with van der Waals surface area (Å²) in [5.74, 6) is 0. The Morgan fingerprint density at radius 3 is 2.88 bits per heavy atom. The SMILES string of the molecule is C[Si](C)(C)CCOCn1ccc2c(-c3cnn(CCC#N)c3)ncnc21. The maximum atomic E-state index is 8.70. The molecule has 0 saturated carbocycles. The lowest BCUT2D eigenvalue weighted by Gasteiger charge is -2.15. The van der Waals surface area contributed by atoms with Crippen molar-refractivity contribution in [1.29, 1.82) is 5.26 Å². The first-order valence-electron chi connectivity index (χ1n) is 8.75. The van der Waals surface area contributed by atoms with Gasteiger partial charge in [-0.1, -0.05) is 19.6 Å². The van der Waals surface area contributed by atoms with Gasteiger partial charge in [-0.15, -0.1) is 0 Å². The molecule has 0 atom stereocenters. The third kappa shape index (κ3) is 4.36. The van der Waals surface area contributed by atoms with Crippen LogP contribution in [-0.4, -0.2) is 39.0 Å². The molecule has 0 amide bonds. The van der Waals surface area contributed by atoms with Crippen molar-refractivity contribution in [3.8, 4) is 17.3 Å². The first kappa shape index (κ1) is 18.3. The van der Waals surface area contributed by atoms with Gasteiger partial charge < -0.3 is 9.30 Å². The quantitative estimate of drug-likeness (QED) is 0.449. The van der Waals surface area contributed by atoms with E-state index in [1.165, 1.54) is 0 Å². The number of hydrogen-bond donors (Lipinski definition) is 0. The van der Waals surface area contributed by atoms with Crippen molar-refractivity contribution in [2.75, 3.05) is 6.61 Å². The van der Waals surface area contributed by atoms with Crippen LogP contribution >= 0.6 is 0 Å². The topological polar surface area (TPSA) is 81.5 Å². The van der Waals surface area contributed by atoms with Crippen LogP contribution < -0.4 is 0 Å². The predicted octanol–water partition coefficient (Wildman–Crippen LogP) is 3.52. The van der Waals surface area contributed by atoms with Gasteiger partial charge in [0.15, 0.2) is 0 Å². The van der Waals surface area contributed by atoms with Crippen LogP contribution in [0.2, 0.25) is 25.7 Å². The fourth-order valence-corrected chi connectivity index (χ4v) is 3.41. The van der Waals surface area contributed by atoms with Crippen LogP contribution in [0, 0.1) is 11.3 Å². The van der Waals surface area contributed by atoms with Gasteiger partial charge in [0.1, 0.15) is 18.7 Å². The predicted molar refractivity (Wildman–Crippen MR) is 103 cm³/mol. The summed E-state index contributed by atoms with van der Waals surface area (Å²) >= 11 is 0. The molecule has 0 radical (unpaired) electrons. The van der Waals surface area contributed by atoms with Crippen LogP contribution in [-0.2, 0) is 18.0 Å². The minimum absolute atomic E-state index is 0.436. The molecule has 7 nitrogen and oxygen atoms in total. The highest BCUT2D eigenvalue weighted by Gasteiger charge is 2.14. The van der Waals surface area contributed by atoms with Crippen molar-refractivity contribution in [3.63, 3.8) is 0 Å². The van der Waals surface area contributed by atoms with Crippen LogP contribution in [0.1, 0.15) is 6.42 Å². The molecule has 0 aliphatic carbocycles. The highest BCUT2D eigenvalue weighted by Crippen LogP contribution is 2.25. The van der Waals surface area contributed by atoms with E-state index in [0.717, 1.165) is 34.9 Å². The molecule has 0 N–H and O–H groups in total. The Labute approximate surface area is 154 Å². The van der Waals surface area contributed by atoms with Crippen molar-refractivity contribution < 1.29 is 4.74 Å². The molecule has 3 aromatic heterocycles. The third-order valence-electron chi connectivity index (χ3n) is 4.14. The summed E-state index contributed by atoms with van der Waals surface area (Å²) in [6, 6.07) is 5.29. The van der Waals surface area contributed by atoms with Crippen molar-refractivity contribution in [1.82, 2.24) is 24.3 Å². The summed E-state index contributed by atoms with van der Waals surface area (Å²) in [6.07, 6.45) is 7.69. The van der Waals surface area contributed by atoms with E-state index < -0.39 is 8.07 Å². The highest BCUT2D eigenvalue weighted by atomic mass is 28.3. The summed E-state index contributed by atoms with van der Waals surface area (Å²) < 4.78 is 9.62. The number of ether oxygens (including phenoxy) is 1. The standard InChI is InChI=1S/C18H24N6OSi/c1-26(2,3)10-9-25-14-23-8-5-16-17(20-13-21-18(16)23)15-11-22-24(12-15)7-4-6-19/h5,8,11-13H,4,7,9-10,14H2,1-3H3. The Bertz CT molecular complexity index is 918. The number of nitrogens with zero attached hydrogens (tertiary/aromatic N) is 6. The van der Waals surface area contributed by atoms with Gasteiger partial charge >= 0.3 is 0 Å². The Balaban J connectivity index is 1.76. The van der Waals surface area contributed by atoms with Gasteiger partial charge in [0, 0.05) is 38.0 Å². The van der Waals surface area contributed by atoms with Gasteiger partial charge in [-0.3, -0.25) is 4.68 Å². The maximum Gasteiger partial charge on any atom is 0.145 e. The lowest BCUT2D eigenvalue weighted by atomic mass is 10.2. The fraction of sp³-hybridized carbons (Fsp3) is 0.444. The van der Waals surface area contributed by atoms with E-state index in [4.69, 9.17) is 10.00 Å². The number of aryl methyl sites for hydroxylation is 1. The summed E-state index contributed by atoms with van der Waals surface area (Å²) in [6.45, 7) is 8.88. The van der Waals surface area contributed by atoms with Gasteiger partial charge in [-0.25, -0.2) is 9.97 Å². The molecule has 0 fully saturated rings. The zero-order valence-corrected chi connectivity index (χ0v) is 16.5. The molecule has 0 aliphatic rings. The van der Waals surface area contributed by atoms with Gasteiger partial charge in [0.2, 0.25) is 0 Å². The molecule has 0 bridgehead atoms. The molecule has 0 unspecified atom stereocenters. The Hall–Kier alpha value is -2.50. The van der Waals surface area contributed by atoms with E-state index >= 15 is 0 Å². The van der Waals surface area contributed by atoms with Crippen LogP contribution in [0.25, 0.3) is 22.3 Å². The lowest BCUT2D eigenvalue weighted by molar-refractivity contribution is 0.0899. The van der Waals surface area contributed by atoms with Crippen molar-refractivity contribution >= 4 is 19.1 Å². The number of rotatable bonds is 8. The van der Waals surface area contributed by atoms with Crippen LogP contribution in [0.3, 0.4) is 0 Å². The molecule has 3 aromatic rings. The Kier molecular flexibility index (Phi) is 5.49. The summed E-state index contributed by atoms with van der Waals surface area (Å²) in [4.78, 5) is 8.86. The number of nitriles is 1. The van der Waals surface area contributed by atoms with Gasteiger partial charge in [0.05, 0.1) is 30.9 Å². The Morgan fingerprint density at radius 2 is 2.12 bits per heavy atom. The smallest absolute Gasteiger partial charge is 0.145 e. The summed E-state index contributed by atoms with van der Waals surface area (Å²) in [5, 5.41) is 14.0. The van der Waals surface area contributed by atoms with E-state index in [-0.39, 0.29) is 0 Å². The Morgan fingerprint density at radius 1 is 1.27 bits per heavy atom. The summed E-state index contributed by atoms with van der Waals surface area (Å²) in [5.41, 5.74) is 2.62. The molecule has 3 rings (SSSR count). The maximum absolute atomic E-state index is 8.70. The van der Waals surface area contributed by atoms with Crippen LogP contribution in [0.5, 0.6) is 0 Å². The molecule has 0 saturated heterocycles. The largest absolute Gasteiger partial charge is 0.361 e. The molecular weight excluding hydrogens is 344 g/mol. The molecule has 0 aliphatic heterocycles. The second kappa shape index (κ2) is 7.80. The van der Waals surface area contributed by atoms with E-state index in [2.05, 4.69) is 40.8 Å². The molecule has 8 heteroatoms. The molecular formula is C18H24N6OSi. The van der Waals surface area contributed by atoms with Crippen molar-refractivity contribution in [2.24, 2.45) is 0 Å². The van der Waals surface area contributed by atoms with Crippen molar-refractivity contribution in [2.45, 2.75) is 45.4 Å². The second-order valence-electron chi connectivity index (χ2n) is 7.49. The average molecular weight is 369 g/mol. The van der Waals surface area contributed by atoms with Gasteiger partial charge in [0.25, 0.3) is 0 Å². The third-order valence-corrected chi connectivity index (χ3v) is 5.85. The van der Waals surface area contributed by atoms with E-state index in [0.29, 0.717) is 19.7 Å². The first-order chi connectivity index (χ1) is 12.5. The zero-order chi connectivity index (χ0) is 18.6. The second-order valence-corrected chi connectivity index (χ2v) is 13.1. The van der Waals surface area contributed by atoms with E-state index in [1.54, 1.807) is 17.2 Å². The molecule has 136 valence electrons. The van der Waals surface area contributed by atoms with Gasteiger partial charge in [-0.05, 0) is 12.1 Å². The normalized spacial score (nSPS) is 11.8. The monoisotopic (exact) mass is 368 g/mol. The van der Waals surface area contributed by atoms with E-state index in [9.17, 15) is 0 Å². The fourth-order valence-electron chi connectivity index (χ4n) is 2.65. The summed E-state index contributed by atoms with van der Waals surface area (Å²) in [7, 11) is -1.08. The van der Waals surface area contributed by atoms with Crippen LogP contribution in [0.4, 0.5) is 0 Å². The number of fused-ring (bicyclic) bond motifs is 1. The minimum atomic E-state index is -1.08. The molecule has 0 aromatic carbocycles. The zero-order valence-electron chi connectivity index (χ0n) is 15.5. The van der Waals surface area contributed by atoms with Gasteiger partial charge in [-0.2, -0.15) is 10.4 Å². The highest BCUT2D eigenvalue weighted by molar-refractivity contribution is 6.76. The van der Waals surface area contributed by atoms with Crippen molar-refractivity contribution in [3.05, 3.63) is 31.0 Å². The molecule has 3 heterocycles. The first-order valence-corrected chi connectivity index (χ1v) is 12.5. The lowest BCUT2D eigenvalue weighted by Crippen LogP contribution is -2.22. The molecule has 26 heavy (non-hydrogen) atoms.